The minimum Gasteiger partial charge on any atom is -0.444 e. The summed E-state index contributed by atoms with van der Waals surface area (Å²) in [5.74, 6) is 2.79. The van der Waals surface area contributed by atoms with Gasteiger partial charge in [-0.1, -0.05) is 96.8 Å². The van der Waals surface area contributed by atoms with Gasteiger partial charge in [-0.3, -0.25) is 0 Å². The van der Waals surface area contributed by atoms with Crippen LogP contribution in [0.1, 0.15) is 117 Å². The smallest absolute Gasteiger partial charge is 0.0878 e. The van der Waals surface area contributed by atoms with E-state index < -0.39 is 0 Å². The maximum Gasteiger partial charge on any atom is 0.0878 e. The topological polar surface area (TPSA) is 52.5 Å². The molecule has 0 radical (unpaired) electrons. The van der Waals surface area contributed by atoms with E-state index in [4.69, 9.17) is 10.1 Å². The number of nitrogens with zero attached hydrogens (tertiary/aromatic N) is 2. The Morgan fingerprint density at radius 2 is 1.03 bits per heavy atom. The van der Waals surface area contributed by atoms with Crippen LogP contribution in [-0.4, -0.2) is 42.2 Å². The quantitative estimate of drug-likeness (QED) is 0.0955. The van der Waals surface area contributed by atoms with Crippen LogP contribution in [0.4, 0.5) is 0 Å². The molecule has 1 aliphatic rings. The van der Waals surface area contributed by atoms with Crippen molar-refractivity contribution in [3.05, 3.63) is 10.1 Å². The molecule has 1 heterocycles. The van der Waals surface area contributed by atoms with Crippen molar-refractivity contribution in [2.24, 2.45) is 5.34 Å². The fourth-order valence-electron chi connectivity index (χ4n) is 4.42. The molecule has 0 aromatic carbocycles. The van der Waals surface area contributed by atoms with Crippen molar-refractivity contribution < 1.29 is 4.48 Å². The van der Waals surface area contributed by atoms with Gasteiger partial charge in [-0.25, -0.2) is 0 Å². The summed E-state index contributed by atoms with van der Waals surface area (Å²) in [6, 6.07) is 0. The summed E-state index contributed by atoms with van der Waals surface area (Å²) in [5.41, 5.74) is 0. The lowest BCUT2D eigenvalue weighted by atomic mass is 10.0. The minimum absolute atomic E-state index is 1.00. The zero-order chi connectivity index (χ0) is 21.5. The predicted octanol–water partition coefficient (Wildman–Crippen LogP) is 8.08. The Kier molecular flexibility index (Phi) is 22.2. The molecule has 0 spiro atoms. The Balaban J connectivity index is 0.00000245. The summed E-state index contributed by atoms with van der Waals surface area (Å²) in [6.45, 7) is 10.4. The van der Waals surface area contributed by atoms with Crippen LogP contribution >= 0.6 is 11.8 Å². The molecule has 1 rings (SSSR count). The van der Waals surface area contributed by atoms with Crippen LogP contribution in [0.3, 0.4) is 0 Å². The molecular weight excluding hydrogens is 380 g/mol. The Bertz CT molecular complexity index is 337. The molecule has 0 aromatic rings. The Morgan fingerprint density at radius 3 is 1.38 bits per heavy atom. The van der Waals surface area contributed by atoms with Crippen LogP contribution < -0.4 is 0 Å². The van der Waals surface area contributed by atoms with E-state index in [2.05, 4.69) is 25.6 Å². The number of quaternary nitrogens is 1. The maximum atomic E-state index is 8.00. The van der Waals surface area contributed by atoms with Gasteiger partial charge in [0.25, 0.3) is 0 Å². The summed E-state index contributed by atoms with van der Waals surface area (Å²) in [6.07, 6.45) is 23.6. The zero-order valence-electron chi connectivity index (χ0n) is 19.7. The minimum atomic E-state index is 1.00. The van der Waals surface area contributed by atoms with Crippen LogP contribution in [0, 0.1) is 10.1 Å². The van der Waals surface area contributed by atoms with Crippen LogP contribution in [0.25, 0.3) is 0 Å². The normalized spacial score (nSPS) is 15.5. The second-order valence-electron chi connectivity index (χ2n) is 8.82. The number of unbranched alkanes of at least 4 members (excludes halogenated alkanes) is 15. The first-order valence-corrected chi connectivity index (χ1v) is 13.8. The van der Waals surface area contributed by atoms with Crippen molar-refractivity contribution in [3.8, 4) is 0 Å². The van der Waals surface area contributed by atoms with E-state index >= 15 is 0 Å². The first kappa shape index (κ1) is 28.7. The predicted molar refractivity (Wildman–Crippen MR) is 131 cm³/mol. The van der Waals surface area contributed by atoms with Crippen LogP contribution in [0.15, 0.2) is 5.34 Å². The lowest BCUT2D eigenvalue weighted by Gasteiger charge is -2.40. The second kappa shape index (κ2) is 22.4. The lowest BCUT2D eigenvalue weighted by Crippen LogP contribution is -2.53. The van der Waals surface area contributed by atoms with Crippen LogP contribution in [0.5, 0.6) is 0 Å². The van der Waals surface area contributed by atoms with Crippen molar-refractivity contribution >= 4 is 11.8 Å². The monoisotopic (exact) mass is 430 g/mol. The summed E-state index contributed by atoms with van der Waals surface area (Å²) < 4.78 is 1.42. The van der Waals surface area contributed by atoms with Crippen molar-refractivity contribution in [2.45, 2.75) is 117 Å². The summed E-state index contributed by atoms with van der Waals surface area (Å²) in [4.78, 5) is 8.00. The molecule has 1 aliphatic heterocycles. The molecule has 0 atom stereocenters. The van der Waals surface area contributed by atoms with Gasteiger partial charge in [0.15, 0.2) is 0 Å². The molecule has 0 bridgehead atoms. The van der Waals surface area contributed by atoms with Crippen molar-refractivity contribution in [1.82, 2.24) is 0 Å². The van der Waals surface area contributed by atoms with Gasteiger partial charge in [-0.05, 0) is 19.8 Å². The molecule has 0 N–H and O–H groups in total. The standard InChI is InChI=1S/C24H50NS.HNO2/c1-3-5-6-7-8-9-10-11-12-13-14-15-16-17-18-19-20-25(4-2)21-23-26-24-22-25;2-1-3/h3-24H2,1-2H3;(H,2,3)/q+1;/p-1. The average Bonchev–Trinajstić information content (AvgIpc) is 2.74. The highest BCUT2D eigenvalue weighted by Gasteiger charge is 2.27. The summed E-state index contributed by atoms with van der Waals surface area (Å²) in [5, 5.41) is 9.00. The third-order valence-corrected chi connectivity index (χ3v) is 7.52. The highest BCUT2D eigenvalue weighted by atomic mass is 32.2. The van der Waals surface area contributed by atoms with E-state index in [0.29, 0.717) is 0 Å². The van der Waals surface area contributed by atoms with Crippen molar-refractivity contribution in [2.75, 3.05) is 37.7 Å². The van der Waals surface area contributed by atoms with E-state index in [0.717, 1.165) is 5.34 Å². The Morgan fingerprint density at radius 1 is 0.690 bits per heavy atom. The largest absolute Gasteiger partial charge is 0.444 e. The number of rotatable bonds is 18. The second-order valence-corrected chi connectivity index (χ2v) is 10.0. The zero-order valence-corrected chi connectivity index (χ0v) is 20.5. The molecule has 174 valence electrons. The maximum absolute atomic E-state index is 8.00. The van der Waals surface area contributed by atoms with Crippen LogP contribution in [-0.2, 0) is 0 Å². The molecule has 0 amide bonds. The molecule has 0 aliphatic carbocycles. The molecule has 5 heteroatoms. The first-order chi connectivity index (χ1) is 14.2. The molecular formula is C24H50N2O2S. The average molecular weight is 431 g/mol. The van der Waals surface area contributed by atoms with Gasteiger partial charge in [0.2, 0.25) is 0 Å². The van der Waals surface area contributed by atoms with Crippen LogP contribution in [0.2, 0.25) is 0 Å². The summed E-state index contributed by atoms with van der Waals surface area (Å²) in [7, 11) is 0. The summed E-state index contributed by atoms with van der Waals surface area (Å²) >= 11 is 2.16. The van der Waals surface area contributed by atoms with Gasteiger partial charge >= 0.3 is 0 Å². The molecule has 4 nitrogen and oxygen atoms in total. The van der Waals surface area contributed by atoms with E-state index in [9.17, 15) is 0 Å². The highest BCUT2D eigenvalue weighted by Crippen LogP contribution is 2.20. The van der Waals surface area contributed by atoms with Crippen molar-refractivity contribution in [1.29, 1.82) is 0 Å². The molecule has 0 unspecified atom stereocenters. The molecule has 1 saturated heterocycles. The first-order valence-electron chi connectivity index (χ1n) is 12.6. The van der Waals surface area contributed by atoms with Gasteiger partial charge in [-0.2, -0.15) is 11.8 Å². The lowest BCUT2D eigenvalue weighted by molar-refractivity contribution is -0.923. The number of hydrogen-bond acceptors (Lipinski definition) is 4. The van der Waals surface area contributed by atoms with Gasteiger partial charge in [0.1, 0.15) is 0 Å². The highest BCUT2D eigenvalue weighted by molar-refractivity contribution is 7.99. The van der Waals surface area contributed by atoms with Crippen molar-refractivity contribution in [3.63, 3.8) is 0 Å². The molecule has 1 fully saturated rings. The molecule has 29 heavy (non-hydrogen) atoms. The SMILES string of the molecule is CCCCCCCCCCCCCCCCCC[N+]1(CC)CCSCC1.O=N[O-]. The van der Waals surface area contributed by atoms with E-state index in [1.54, 1.807) is 0 Å². The third kappa shape index (κ3) is 18.2. The van der Waals surface area contributed by atoms with Gasteiger partial charge in [0, 0.05) is 11.5 Å². The third-order valence-electron chi connectivity index (χ3n) is 6.58. The van der Waals surface area contributed by atoms with Gasteiger partial charge in [0.05, 0.1) is 26.2 Å². The molecule has 0 saturated carbocycles. The number of thioether (sulfide) groups is 1. The van der Waals surface area contributed by atoms with Gasteiger partial charge in [-0.15, -0.1) is 5.34 Å². The van der Waals surface area contributed by atoms with Gasteiger partial charge < -0.3 is 14.6 Å². The van der Waals surface area contributed by atoms with E-state index in [1.165, 1.54) is 145 Å². The van der Waals surface area contributed by atoms with E-state index in [1.807, 2.05) is 0 Å². The van der Waals surface area contributed by atoms with E-state index in [-0.39, 0.29) is 0 Å². The Labute approximate surface area is 186 Å². The fourth-order valence-corrected chi connectivity index (χ4v) is 5.66. The fraction of sp³-hybridized carbons (Fsp3) is 1.00. The molecule has 0 aromatic heterocycles. The number of hydrogen-bond donors (Lipinski definition) is 0. The Hall–Kier alpha value is -0.290.